The van der Waals surface area contributed by atoms with Gasteiger partial charge in [0.25, 0.3) is 0 Å². The Morgan fingerprint density at radius 2 is 1.74 bits per heavy atom. The van der Waals surface area contributed by atoms with E-state index in [9.17, 15) is 4.79 Å². The van der Waals surface area contributed by atoms with Gasteiger partial charge in [-0.1, -0.05) is 72.8 Å². The van der Waals surface area contributed by atoms with Crippen LogP contribution < -0.4 is 10.1 Å². The molecule has 0 saturated carbocycles. The molecule has 4 heteroatoms. The number of carbonyl (C=O) groups excluding carboxylic acids is 1. The first-order valence-electron chi connectivity index (χ1n) is 10.7. The minimum Gasteiger partial charge on any atom is -0.489 e. The zero-order valence-electron chi connectivity index (χ0n) is 17.5. The van der Waals surface area contributed by atoms with E-state index in [-0.39, 0.29) is 17.9 Å². The van der Waals surface area contributed by atoms with Gasteiger partial charge in [0.05, 0.1) is 24.4 Å². The highest BCUT2D eigenvalue weighted by Gasteiger charge is 2.40. The van der Waals surface area contributed by atoms with Gasteiger partial charge < -0.3 is 14.8 Å². The number of allylic oxidation sites excluding steroid dienone is 2. The van der Waals surface area contributed by atoms with Gasteiger partial charge in [-0.15, -0.1) is 0 Å². The second kappa shape index (κ2) is 8.31. The van der Waals surface area contributed by atoms with Crippen molar-refractivity contribution in [3.8, 4) is 5.75 Å². The zero-order chi connectivity index (χ0) is 21.2. The summed E-state index contributed by atoms with van der Waals surface area (Å²) in [4.78, 5) is 12.4. The quantitative estimate of drug-likeness (QED) is 0.421. The maximum Gasteiger partial charge on any atom is 0.339 e. The molecule has 0 bridgehead atoms. The van der Waals surface area contributed by atoms with Crippen LogP contribution in [-0.4, -0.2) is 13.1 Å². The Labute approximate surface area is 182 Å². The number of benzene rings is 3. The van der Waals surface area contributed by atoms with Crippen LogP contribution in [0.1, 0.15) is 45.4 Å². The molecule has 1 aliphatic carbocycles. The van der Waals surface area contributed by atoms with Crippen molar-refractivity contribution in [1.82, 2.24) is 0 Å². The van der Waals surface area contributed by atoms with Crippen molar-refractivity contribution in [1.29, 1.82) is 0 Å². The van der Waals surface area contributed by atoms with Crippen molar-refractivity contribution in [3.05, 3.63) is 107 Å². The second-order valence-electron chi connectivity index (χ2n) is 8.05. The molecule has 3 aromatic carbocycles. The Bertz CT molecular complexity index is 1120. The van der Waals surface area contributed by atoms with Crippen LogP contribution >= 0.6 is 0 Å². The fourth-order valence-corrected chi connectivity index (χ4v) is 4.81. The Morgan fingerprint density at radius 3 is 2.58 bits per heavy atom. The van der Waals surface area contributed by atoms with Gasteiger partial charge in [0, 0.05) is 11.5 Å². The van der Waals surface area contributed by atoms with Gasteiger partial charge in [-0.3, -0.25) is 0 Å². The van der Waals surface area contributed by atoms with E-state index in [0.29, 0.717) is 18.1 Å². The van der Waals surface area contributed by atoms with Gasteiger partial charge in [0.15, 0.2) is 0 Å². The highest BCUT2D eigenvalue weighted by Crippen LogP contribution is 2.52. The standard InChI is InChI=1S/C27H25NO3/c1-30-27(29)23-15-8-14-21-19-12-7-13-20(19)25(28-26(21)23)22-11-5-6-16-24(22)31-17-18-9-3-2-4-10-18/h2-12,14-16,19-20,25,28H,13,17H2,1H3. The molecule has 4 nitrogen and oxygen atoms in total. The van der Waals surface area contributed by atoms with Crippen LogP contribution in [0.15, 0.2) is 84.9 Å². The minimum absolute atomic E-state index is 0.0327. The molecular formula is C27H25NO3. The molecule has 1 aliphatic heterocycles. The topological polar surface area (TPSA) is 47.6 Å². The van der Waals surface area contributed by atoms with E-state index in [0.717, 1.165) is 34.5 Å². The average Bonchev–Trinajstić information content (AvgIpc) is 3.33. The third-order valence-corrected chi connectivity index (χ3v) is 6.29. The molecule has 156 valence electrons. The third-order valence-electron chi connectivity index (χ3n) is 6.29. The van der Waals surface area contributed by atoms with E-state index in [1.54, 1.807) is 0 Å². The molecule has 1 N–H and O–H groups in total. The van der Waals surface area contributed by atoms with Crippen LogP contribution in [0.2, 0.25) is 0 Å². The second-order valence-corrected chi connectivity index (χ2v) is 8.05. The van der Waals surface area contributed by atoms with E-state index < -0.39 is 0 Å². The van der Waals surface area contributed by atoms with E-state index in [4.69, 9.17) is 9.47 Å². The highest BCUT2D eigenvalue weighted by molar-refractivity contribution is 5.97. The lowest BCUT2D eigenvalue weighted by Gasteiger charge is -2.38. The lowest BCUT2D eigenvalue weighted by Crippen LogP contribution is -2.30. The van der Waals surface area contributed by atoms with E-state index >= 15 is 0 Å². The van der Waals surface area contributed by atoms with E-state index in [2.05, 4.69) is 41.7 Å². The van der Waals surface area contributed by atoms with E-state index in [1.165, 1.54) is 7.11 Å². The largest absolute Gasteiger partial charge is 0.489 e. The summed E-state index contributed by atoms with van der Waals surface area (Å²) < 4.78 is 11.3. The van der Waals surface area contributed by atoms with Crippen molar-refractivity contribution in [2.75, 3.05) is 12.4 Å². The van der Waals surface area contributed by atoms with Crippen LogP contribution in [0.25, 0.3) is 0 Å². The molecular weight excluding hydrogens is 386 g/mol. The molecule has 3 unspecified atom stereocenters. The number of rotatable bonds is 5. The molecule has 0 aromatic heterocycles. The van der Waals surface area contributed by atoms with Crippen molar-refractivity contribution in [2.45, 2.75) is 25.0 Å². The zero-order valence-corrected chi connectivity index (χ0v) is 17.5. The average molecular weight is 412 g/mol. The molecule has 0 spiro atoms. The van der Waals surface area contributed by atoms with Gasteiger partial charge in [-0.05, 0) is 35.6 Å². The third kappa shape index (κ3) is 3.59. The van der Waals surface area contributed by atoms with Gasteiger partial charge in [0.2, 0.25) is 0 Å². The predicted octanol–water partition coefficient (Wildman–Crippen LogP) is 5.88. The maximum atomic E-state index is 12.4. The number of para-hydroxylation sites is 2. The number of hydrogen-bond acceptors (Lipinski definition) is 4. The Kier molecular flexibility index (Phi) is 5.21. The van der Waals surface area contributed by atoms with Crippen LogP contribution in [0.5, 0.6) is 5.75 Å². The first kappa shape index (κ1) is 19.4. The normalized spacial score (nSPS) is 21.0. The SMILES string of the molecule is COC(=O)c1cccc2c1NC(c1ccccc1OCc1ccccc1)C1CC=CC21. The first-order valence-corrected chi connectivity index (χ1v) is 10.7. The molecule has 0 amide bonds. The number of fused-ring (bicyclic) bond motifs is 3. The number of carbonyl (C=O) groups is 1. The molecule has 3 aromatic rings. The predicted molar refractivity (Wildman–Crippen MR) is 121 cm³/mol. The molecule has 2 aliphatic rings. The number of anilines is 1. The summed E-state index contributed by atoms with van der Waals surface area (Å²) in [7, 11) is 1.42. The maximum absolute atomic E-state index is 12.4. The molecule has 0 radical (unpaired) electrons. The van der Waals surface area contributed by atoms with Crippen molar-refractivity contribution >= 4 is 11.7 Å². The number of hydrogen-bond donors (Lipinski definition) is 1. The van der Waals surface area contributed by atoms with Crippen LogP contribution in [-0.2, 0) is 11.3 Å². The molecule has 31 heavy (non-hydrogen) atoms. The summed E-state index contributed by atoms with van der Waals surface area (Å²) in [5.74, 6) is 1.17. The van der Waals surface area contributed by atoms with Crippen molar-refractivity contribution < 1.29 is 14.3 Å². The molecule has 5 rings (SSSR count). The lowest BCUT2D eigenvalue weighted by molar-refractivity contribution is 0.0601. The monoisotopic (exact) mass is 411 g/mol. The summed E-state index contributed by atoms with van der Waals surface area (Å²) in [5.41, 5.74) is 4.84. The highest BCUT2D eigenvalue weighted by atomic mass is 16.5. The molecule has 0 saturated heterocycles. The molecule has 1 heterocycles. The fourth-order valence-electron chi connectivity index (χ4n) is 4.81. The van der Waals surface area contributed by atoms with Crippen LogP contribution in [0, 0.1) is 5.92 Å². The van der Waals surface area contributed by atoms with Gasteiger partial charge in [-0.25, -0.2) is 4.79 Å². The summed E-state index contributed by atoms with van der Waals surface area (Å²) >= 11 is 0. The van der Waals surface area contributed by atoms with Crippen LogP contribution in [0.3, 0.4) is 0 Å². The summed E-state index contributed by atoms with van der Waals surface area (Å²) in [5, 5.41) is 3.69. The van der Waals surface area contributed by atoms with Gasteiger partial charge in [-0.2, -0.15) is 0 Å². The summed E-state index contributed by atoms with van der Waals surface area (Å²) in [6.45, 7) is 0.515. The summed E-state index contributed by atoms with van der Waals surface area (Å²) in [6, 6.07) is 24.3. The van der Waals surface area contributed by atoms with Crippen LogP contribution in [0.4, 0.5) is 5.69 Å². The number of nitrogens with one attached hydrogen (secondary N) is 1. The molecule has 3 atom stereocenters. The summed E-state index contributed by atoms with van der Waals surface area (Å²) in [6.07, 6.45) is 5.50. The Morgan fingerprint density at radius 1 is 0.968 bits per heavy atom. The number of methoxy groups -OCH3 is 1. The fraction of sp³-hybridized carbons (Fsp3) is 0.222. The Hall–Kier alpha value is -3.53. The smallest absolute Gasteiger partial charge is 0.339 e. The first-order chi connectivity index (χ1) is 15.3. The van der Waals surface area contributed by atoms with Gasteiger partial charge >= 0.3 is 5.97 Å². The molecule has 0 fully saturated rings. The minimum atomic E-state index is -0.322. The number of esters is 1. The van der Waals surface area contributed by atoms with Crippen molar-refractivity contribution in [2.24, 2.45) is 5.92 Å². The van der Waals surface area contributed by atoms with Crippen molar-refractivity contribution in [3.63, 3.8) is 0 Å². The Balaban J connectivity index is 1.51. The number of ether oxygens (including phenoxy) is 2. The van der Waals surface area contributed by atoms with E-state index in [1.807, 2.05) is 48.5 Å². The lowest BCUT2D eigenvalue weighted by atomic mass is 9.76. The van der Waals surface area contributed by atoms with Gasteiger partial charge in [0.1, 0.15) is 12.4 Å².